The number of β-amino-alcohol motifs (C(OH)–C–C–N with tert-alkyl or cyclic N) is 1. The summed E-state index contributed by atoms with van der Waals surface area (Å²) in [5.74, 6) is 0.0703. The molecule has 2 rings (SSSR count). The molecule has 0 aromatic heterocycles. The summed E-state index contributed by atoms with van der Waals surface area (Å²) in [6.07, 6.45) is 0.637. The van der Waals surface area contributed by atoms with E-state index in [1.54, 1.807) is 29.2 Å². The maximum absolute atomic E-state index is 12.0. The van der Waals surface area contributed by atoms with E-state index < -0.39 is 12.1 Å². The molecule has 1 amide bonds. The Morgan fingerprint density at radius 1 is 1.44 bits per heavy atom. The van der Waals surface area contributed by atoms with E-state index in [9.17, 15) is 9.90 Å². The molecule has 0 bridgehead atoms. The molecule has 98 valence electrons. The third-order valence-electron chi connectivity index (χ3n) is 3.18. The minimum Gasteiger partial charge on any atom is -0.508 e. The number of amides is 1. The summed E-state index contributed by atoms with van der Waals surface area (Å²) in [7, 11) is 0. The van der Waals surface area contributed by atoms with Crippen LogP contribution in [0.15, 0.2) is 24.3 Å². The van der Waals surface area contributed by atoms with Crippen LogP contribution in [0.2, 0.25) is 0 Å². The number of nitrogens with two attached hydrogens (primary N) is 1. The Hall–Kier alpha value is -1.59. The molecule has 1 aromatic carbocycles. The van der Waals surface area contributed by atoms with Gasteiger partial charge in [0.1, 0.15) is 5.75 Å². The van der Waals surface area contributed by atoms with Crippen LogP contribution >= 0.6 is 0 Å². The normalized spacial score (nSPS) is 21.0. The number of likely N-dealkylation sites (tertiary alicyclic amines) is 1. The lowest BCUT2D eigenvalue weighted by Gasteiger charge is -2.20. The number of benzene rings is 1. The molecular weight excluding hydrogens is 232 g/mol. The second-order valence-corrected chi connectivity index (χ2v) is 4.70. The maximum Gasteiger partial charge on any atom is 0.239 e. The summed E-state index contributed by atoms with van der Waals surface area (Å²) in [5, 5.41) is 18.6. The van der Waals surface area contributed by atoms with Gasteiger partial charge >= 0.3 is 0 Å². The van der Waals surface area contributed by atoms with Crippen molar-refractivity contribution in [2.45, 2.75) is 25.0 Å². The van der Waals surface area contributed by atoms with Crippen molar-refractivity contribution < 1.29 is 15.0 Å². The van der Waals surface area contributed by atoms with Gasteiger partial charge in [0, 0.05) is 13.1 Å². The highest BCUT2D eigenvalue weighted by Crippen LogP contribution is 2.14. The first-order valence-corrected chi connectivity index (χ1v) is 6.06. The molecule has 1 saturated heterocycles. The van der Waals surface area contributed by atoms with Gasteiger partial charge in [0.2, 0.25) is 5.91 Å². The molecule has 4 N–H and O–H groups in total. The second kappa shape index (κ2) is 5.37. The van der Waals surface area contributed by atoms with Gasteiger partial charge in [-0.25, -0.2) is 0 Å². The molecular formula is C13H18N2O3. The van der Waals surface area contributed by atoms with Crippen LogP contribution in [-0.4, -0.2) is 46.3 Å². The van der Waals surface area contributed by atoms with Gasteiger partial charge in [0.25, 0.3) is 0 Å². The third-order valence-corrected chi connectivity index (χ3v) is 3.18. The molecule has 2 atom stereocenters. The molecule has 1 aliphatic heterocycles. The van der Waals surface area contributed by atoms with E-state index in [2.05, 4.69) is 0 Å². The first kappa shape index (κ1) is 12.9. The van der Waals surface area contributed by atoms with E-state index in [0.29, 0.717) is 25.9 Å². The number of nitrogens with zero attached hydrogens (tertiary/aromatic N) is 1. The zero-order valence-corrected chi connectivity index (χ0v) is 10.1. The molecule has 1 heterocycles. The highest BCUT2D eigenvalue weighted by atomic mass is 16.3. The summed E-state index contributed by atoms with van der Waals surface area (Å²) in [4.78, 5) is 13.6. The number of aromatic hydroxyl groups is 1. The average molecular weight is 250 g/mol. The van der Waals surface area contributed by atoms with E-state index in [1.165, 1.54) is 0 Å². The van der Waals surface area contributed by atoms with Gasteiger partial charge in [-0.05, 0) is 30.5 Å². The molecule has 0 unspecified atom stereocenters. The summed E-state index contributed by atoms with van der Waals surface area (Å²) in [5.41, 5.74) is 6.79. The van der Waals surface area contributed by atoms with Crippen molar-refractivity contribution in [3.05, 3.63) is 29.8 Å². The lowest BCUT2D eigenvalue weighted by atomic mass is 10.1. The van der Waals surface area contributed by atoms with E-state index >= 15 is 0 Å². The summed E-state index contributed by atoms with van der Waals surface area (Å²) < 4.78 is 0. The van der Waals surface area contributed by atoms with Crippen molar-refractivity contribution >= 4 is 5.91 Å². The molecule has 0 aliphatic carbocycles. The number of aliphatic hydroxyl groups excluding tert-OH is 1. The molecule has 18 heavy (non-hydrogen) atoms. The fourth-order valence-electron chi connectivity index (χ4n) is 2.15. The van der Waals surface area contributed by atoms with Crippen molar-refractivity contribution in [1.29, 1.82) is 0 Å². The van der Waals surface area contributed by atoms with Crippen molar-refractivity contribution in [3.8, 4) is 5.75 Å². The van der Waals surface area contributed by atoms with Gasteiger partial charge in [-0.1, -0.05) is 12.1 Å². The molecule has 0 spiro atoms. The van der Waals surface area contributed by atoms with Crippen LogP contribution in [0.25, 0.3) is 0 Å². The third kappa shape index (κ3) is 3.00. The van der Waals surface area contributed by atoms with Crippen LogP contribution in [0.4, 0.5) is 0 Å². The number of rotatable bonds is 3. The SMILES string of the molecule is N[C@@H](Cc1ccc(O)cc1)C(=O)N1CC[C@@H](O)C1. The minimum atomic E-state index is -0.597. The molecule has 5 nitrogen and oxygen atoms in total. The van der Waals surface area contributed by atoms with Crippen molar-refractivity contribution in [2.24, 2.45) is 5.73 Å². The first-order valence-electron chi connectivity index (χ1n) is 6.06. The standard InChI is InChI=1S/C13H18N2O3/c14-12(7-9-1-3-10(16)4-2-9)13(18)15-6-5-11(17)8-15/h1-4,11-12,16-17H,5-8,14H2/t11-,12+/m1/s1. The van der Waals surface area contributed by atoms with Crippen LogP contribution in [0.1, 0.15) is 12.0 Å². The van der Waals surface area contributed by atoms with Gasteiger partial charge in [0.15, 0.2) is 0 Å². The zero-order chi connectivity index (χ0) is 13.1. The van der Waals surface area contributed by atoms with Crippen LogP contribution in [0.5, 0.6) is 5.75 Å². The summed E-state index contributed by atoms with van der Waals surface area (Å²) in [6, 6.07) is 6.06. The van der Waals surface area contributed by atoms with Gasteiger partial charge in [-0.15, -0.1) is 0 Å². The Bertz CT molecular complexity index is 419. The zero-order valence-electron chi connectivity index (χ0n) is 10.1. The van der Waals surface area contributed by atoms with Gasteiger partial charge in [-0.3, -0.25) is 4.79 Å². The Balaban J connectivity index is 1.93. The smallest absolute Gasteiger partial charge is 0.239 e. The summed E-state index contributed by atoms with van der Waals surface area (Å²) >= 11 is 0. The predicted octanol–water partition coefficient (Wildman–Crippen LogP) is -0.145. The number of phenols is 1. The lowest BCUT2D eigenvalue weighted by Crippen LogP contribution is -2.44. The van der Waals surface area contributed by atoms with Crippen LogP contribution in [0, 0.1) is 0 Å². The van der Waals surface area contributed by atoms with Crippen LogP contribution in [0.3, 0.4) is 0 Å². The molecule has 5 heteroatoms. The number of carbonyl (C=O) groups is 1. The fraction of sp³-hybridized carbons (Fsp3) is 0.462. The molecule has 1 aromatic rings. The topological polar surface area (TPSA) is 86.8 Å². The maximum atomic E-state index is 12.0. The van der Waals surface area contributed by atoms with Gasteiger partial charge < -0.3 is 20.8 Å². The average Bonchev–Trinajstić information content (AvgIpc) is 2.78. The number of hydrogen-bond acceptors (Lipinski definition) is 4. The largest absolute Gasteiger partial charge is 0.508 e. The van der Waals surface area contributed by atoms with Crippen LogP contribution < -0.4 is 5.73 Å². The lowest BCUT2D eigenvalue weighted by molar-refractivity contribution is -0.131. The van der Waals surface area contributed by atoms with E-state index in [0.717, 1.165) is 5.56 Å². The molecule has 1 aliphatic rings. The molecule has 0 saturated carbocycles. The quantitative estimate of drug-likeness (QED) is 0.696. The van der Waals surface area contributed by atoms with Crippen molar-refractivity contribution in [3.63, 3.8) is 0 Å². The number of aliphatic hydroxyl groups is 1. The monoisotopic (exact) mass is 250 g/mol. The fourth-order valence-corrected chi connectivity index (χ4v) is 2.15. The van der Waals surface area contributed by atoms with Gasteiger partial charge in [-0.2, -0.15) is 0 Å². The highest BCUT2D eigenvalue weighted by Gasteiger charge is 2.28. The Kier molecular flexibility index (Phi) is 3.84. The highest BCUT2D eigenvalue weighted by molar-refractivity contribution is 5.82. The summed E-state index contributed by atoms with van der Waals surface area (Å²) in [6.45, 7) is 0.950. The van der Waals surface area contributed by atoms with E-state index in [4.69, 9.17) is 10.8 Å². The predicted molar refractivity (Wildman–Crippen MR) is 67.0 cm³/mol. The Morgan fingerprint density at radius 3 is 2.67 bits per heavy atom. The van der Waals surface area contributed by atoms with Crippen LogP contribution in [-0.2, 0) is 11.2 Å². The van der Waals surface area contributed by atoms with Crippen molar-refractivity contribution in [2.75, 3.05) is 13.1 Å². The molecule has 1 fully saturated rings. The van der Waals surface area contributed by atoms with Crippen molar-refractivity contribution in [1.82, 2.24) is 4.90 Å². The first-order chi connectivity index (χ1) is 8.56. The number of carbonyl (C=O) groups excluding carboxylic acids is 1. The minimum absolute atomic E-state index is 0.125. The number of phenolic OH excluding ortho intramolecular Hbond substituents is 1. The molecule has 0 radical (unpaired) electrons. The van der Waals surface area contributed by atoms with E-state index in [1.807, 2.05) is 0 Å². The Morgan fingerprint density at radius 2 is 2.11 bits per heavy atom. The second-order valence-electron chi connectivity index (χ2n) is 4.70. The Labute approximate surface area is 106 Å². The van der Waals surface area contributed by atoms with E-state index in [-0.39, 0.29) is 11.7 Å². The number of hydrogen-bond donors (Lipinski definition) is 3. The van der Waals surface area contributed by atoms with Gasteiger partial charge in [0.05, 0.1) is 12.1 Å².